The van der Waals surface area contributed by atoms with Crippen molar-refractivity contribution in [1.82, 2.24) is 5.32 Å². The lowest BCUT2D eigenvalue weighted by Gasteiger charge is -2.21. The zero-order valence-corrected chi connectivity index (χ0v) is 11.5. The molecule has 0 bridgehead atoms. The van der Waals surface area contributed by atoms with E-state index in [2.05, 4.69) is 5.32 Å². The number of halogens is 3. The van der Waals surface area contributed by atoms with Crippen LogP contribution in [0.15, 0.2) is 18.2 Å². The Hall–Kier alpha value is -0.870. The van der Waals surface area contributed by atoms with Gasteiger partial charge in [-0.2, -0.15) is 0 Å². The topological polar surface area (TPSA) is 21.3 Å². The number of hydrogen-bond donors (Lipinski definition) is 1. The van der Waals surface area contributed by atoms with Crippen molar-refractivity contribution < 1.29 is 13.5 Å². The number of ether oxygens (including phenoxy) is 1. The van der Waals surface area contributed by atoms with Gasteiger partial charge in [-0.05, 0) is 39.0 Å². The number of alkyl halides is 2. The van der Waals surface area contributed by atoms with Crippen LogP contribution in [0.4, 0.5) is 8.78 Å². The maximum Gasteiger partial charge on any atom is 0.272 e. The summed E-state index contributed by atoms with van der Waals surface area (Å²) in [5.74, 6) is 0.441. The highest BCUT2D eigenvalue weighted by atomic mass is 35.5. The summed E-state index contributed by atoms with van der Waals surface area (Å²) in [4.78, 5) is 0. The van der Waals surface area contributed by atoms with Crippen LogP contribution in [0, 0.1) is 0 Å². The molecule has 0 unspecified atom stereocenters. The van der Waals surface area contributed by atoms with E-state index in [1.807, 2.05) is 20.8 Å². The molecular formula is C13H18ClF2NO. The van der Waals surface area contributed by atoms with Crippen LogP contribution in [0.2, 0.25) is 5.02 Å². The minimum absolute atomic E-state index is 0.0672. The third-order valence-electron chi connectivity index (χ3n) is 2.20. The van der Waals surface area contributed by atoms with E-state index in [9.17, 15) is 8.78 Å². The van der Waals surface area contributed by atoms with Crippen molar-refractivity contribution in [1.29, 1.82) is 0 Å². The van der Waals surface area contributed by atoms with E-state index in [-0.39, 0.29) is 5.54 Å². The third kappa shape index (κ3) is 5.65. The molecule has 0 aliphatic rings. The van der Waals surface area contributed by atoms with Gasteiger partial charge in [0.1, 0.15) is 12.4 Å². The minimum Gasteiger partial charge on any atom is -0.487 e. The van der Waals surface area contributed by atoms with Crippen LogP contribution in [-0.4, -0.2) is 18.6 Å². The van der Waals surface area contributed by atoms with E-state index in [1.54, 1.807) is 18.2 Å². The Balaban J connectivity index is 2.76. The molecule has 0 fully saturated rings. The summed E-state index contributed by atoms with van der Waals surface area (Å²) in [6.07, 6.45) is -2.48. The first-order valence-corrected chi connectivity index (χ1v) is 6.10. The second kappa shape index (κ2) is 6.34. The van der Waals surface area contributed by atoms with Crippen LogP contribution in [0.25, 0.3) is 0 Å². The molecule has 1 aromatic carbocycles. The molecule has 0 aliphatic heterocycles. The van der Waals surface area contributed by atoms with E-state index < -0.39 is 13.0 Å². The van der Waals surface area contributed by atoms with Gasteiger partial charge >= 0.3 is 0 Å². The molecule has 18 heavy (non-hydrogen) atoms. The Kier molecular flexibility index (Phi) is 5.35. The van der Waals surface area contributed by atoms with Crippen LogP contribution >= 0.6 is 11.6 Å². The molecule has 0 aliphatic carbocycles. The van der Waals surface area contributed by atoms with Crippen LogP contribution in [0.3, 0.4) is 0 Å². The first-order chi connectivity index (χ1) is 8.28. The standard InChI is InChI=1S/C13H18ClF2NO/c1-13(2,3)17-7-9-6-10(14)4-5-11(9)18-8-12(15)16/h4-6,12,17H,7-8H2,1-3H3. The Morgan fingerprint density at radius 3 is 2.56 bits per heavy atom. The SMILES string of the molecule is CC(C)(C)NCc1cc(Cl)ccc1OCC(F)F. The summed E-state index contributed by atoms with van der Waals surface area (Å²) in [5, 5.41) is 3.83. The van der Waals surface area contributed by atoms with Gasteiger partial charge in [-0.3, -0.25) is 0 Å². The summed E-state index contributed by atoms with van der Waals surface area (Å²) in [5.41, 5.74) is 0.709. The summed E-state index contributed by atoms with van der Waals surface area (Å²) in [7, 11) is 0. The van der Waals surface area contributed by atoms with E-state index in [0.29, 0.717) is 17.3 Å². The smallest absolute Gasteiger partial charge is 0.272 e. The van der Waals surface area contributed by atoms with Gasteiger partial charge in [0.05, 0.1) is 0 Å². The second-order valence-corrected chi connectivity index (χ2v) is 5.49. The fourth-order valence-corrected chi connectivity index (χ4v) is 1.53. The van der Waals surface area contributed by atoms with Gasteiger partial charge < -0.3 is 10.1 Å². The van der Waals surface area contributed by atoms with E-state index in [1.165, 1.54) is 0 Å². The molecule has 0 spiro atoms. The quantitative estimate of drug-likeness (QED) is 0.882. The van der Waals surface area contributed by atoms with E-state index >= 15 is 0 Å². The number of hydrogen-bond acceptors (Lipinski definition) is 2. The largest absolute Gasteiger partial charge is 0.487 e. The molecule has 0 heterocycles. The Bertz CT molecular complexity index is 391. The van der Waals surface area contributed by atoms with Crippen molar-refractivity contribution in [2.24, 2.45) is 0 Å². The number of rotatable bonds is 5. The highest BCUT2D eigenvalue weighted by Gasteiger charge is 2.12. The van der Waals surface area contributed by atoms with E-state index in [4.69, 9.17) is 16.3 Å². The van der Waals surface area contributed by atoms with Gasteiger partial charge in [0.25, 0.3) is 6.43 Å². The predicted octanol–water partition coefficient (Wildman–Crippen LogP) is 3.87. The van der Waals surface area contributed by atoms with Crippen LogP contribution in [-0.2, 0) is 6.54 Å². The molecule has 1 rings (SSSR count). The number of nitrogens with one attached hydrogen (secondary N) is 1. The monoisotopic (exact) mass is 277 g/mol. The molecule has 102 valence electrons. The first kappa shape index (κ1) is 15.2. The Morgan fingerprint density at radius 1 is 1.33 bits per heavy atom. The molecule has 0 aromatic heterocycles. The normalized spacial score (nSPS) is 11.9. The summed E-state index contributed by atoms with van der Waals surface area (Å²) < 4.78 is 29.3. The van der Waals surface area contributed by atoms with E-state index in [0.717, 1.165) is 5.56 Å². The van der Waals surface area contributed by atoms with Crippen molar-refractivity contribution >= 4 is 11.6 Å². The van der Waals surface area contributed by atoms with Gasteiger partial charge in [-0.25, -0.2) is 8.78 Å². The van der Waals surface area contributed by atoms with Crippen LogP contribution in [0.5, 0.6) is 5.75 Å². The zero-order valence-electron chi connectivity index (χ0n) is 10.8. The Labute approximate surface area is 111 Å². The first-order valence-electron chi connectivity index (χ1n) is 5.72. The van der Waals surface area contributed by atoms with Crippen molar-refractivity contribution in [3.8, 4) is 5.75 Å². The molecule has 0 saturated heterocycles. The van der Waals surface area contributed by atoms with Crippen LogP contribution < -0.4 is 10.1 Å². The van der Waals surface area contributed by atoms with Gasteiger partial charge in [0, 0.05) is 22.7 Å². The summed E-state index contributed by atoms with van der Waals surface area (Å²) in [6.45, 7) is 5.98. The minimum atomic E-state index is -2.48. The van der Waals surface area contributed by atoms with Gasteiger partial charge in [-0.15, -0.1) is 0 Å². The lowest BCUT2D eigenvalue weighted by atomic mass is 10.1. The molecular weight excluding hydrogens is 260 g/mol. The molecule has 2 nitrogen and oxygen atoms in total. The fraction of sp³-hybridized carbons (Fsp3) is 0.538. The van der Waals surface area contributed by atoms with Crippen molar-refractivity contribution in [3.05, 3.63) is 28.8 Å². The molecule has 0 saturated carbocycles. The van der Waals surface area contributed by atoms with Crippen molar-refractivity contribution in [2.45, 2.75) is 39.3 Å². The van der Waals surface area contributed by atoms with Gasteiger partial charge in [0.15, 0.2) is 0 Å². The van der Waals surface area contributed by atoms with Gasteiger partial charge in [0.2, 0.25) is 0 Å². The highest BCUT2D eigenvalue weighted by Crippen LogP contribution is 2.24. The molecule has 0 amide bonds. The number of benzene rings is 1. The molecule has 1 aromatic rings. The van der Waals surface area contributed by atoms with Gasteiger partial charge in [-0.1, -0.05) is 11.6 Å². The lowest BCUT2D eigenvalue weighted by molar-refractivity contribution is 0.0813. The second-order valence-electron chi connectivity index (χ2n) is 5.06. The highest BCUT2D eigenvalue weighted by molar-refractivity contribution is 6.30. The molecule has 0 atom stereocenters. The van der Waals surface area contributed by atoms with Crippen molar-refractivity contribution in [2.75, 3.05) is 6.61 Å². The molecule has 0 radical (unpaired) electrons. The maximum absolute atomic E-state index is 12.1. The summed E-state index contributed by atoms with van der Waals surface area (Å²) in [6, 6.07) is 4.97. The average Bonchev–Trinajstić information content (AvgIpc) is 2.23. The maximum atomic E-state index is 12.1. The Morgan fingerprint density at radius 2 is 2.00 bits per heavy atom. The van der Waals surface area contributed by atoms with Crippen LogP contribution in [0.1, 0.15) is 26.3 Å². The van der Waals surface area contributed by atoms with Crippen molar-refractivity contribution in [3.63, 3.8) is 0 Å². The molecule has 5 heteroatoms. The summed E-state index contributed by atoms with van der Waals surface area (Å²) >= 11 is 5.90. The zero-order chi connectivity index (χ0) is 13.8. The fourth-order valence-electron chi connectivity index (χ4n) is 1.34. The average molecular weight is 278 g/mol. The third-order valence-corrected chi connectivity index (χ3v) is 2.43. The molecule has 1 N–H and O–H groups in total. The predicted molar refractivity (Wildman–Crippen MR) is 69.5 cm³/mol. The lowest BCUT2D eigenvalue weighted by Crippen LogP contribution is -2.35.